The maximum absolute atomic E-state index is 11.2. The highest BCUT2D eigenvalue weighted by Crippen LogP contribution is 2.21. The molecule has 0 unspecified atom stereocenters. The average molecular weight is 220 g/mol. The molecule has 7 heteroatoms. The lowest BCUT2D eigenvalue weighted by Crippen LogP contribution is -2.50. The lowest BCUT2D eigenvalue weighted by Gasteiger charge is -2.39. The number of nitrogens with zero attached hydrogens (tertiary/aromatic N) is 4. The number of fused-ring (bicyclic) bond motifs is 1. The van der Waals surface area contributed by atoms with Crippen molar-refractivity contribution in [3.63, 3.8) is 0 Å². The molecule has 0 saturated carbocycles. The van der Waals surface area contributed by atoms with E-state index < -0.39 is 0 Å². The smallest absolute Gasteiger partial charge is 0.348 e. The lowest BCUT2D eigenvalue weighted by molar-refractivity contribution is 0.417. The minimum atomic E-state index is -0.266. The van der Waals surface area contributed by atoms with Crippen LogP contribution in [0.1, 0.15) is 0 Å². The van der Waals surface area contributed by atoms with Crippen LogP contribution in [0.25, 0.3) is 5.65 Å². The van der Waals surface area contributed by atoms with Crippen molar-refractivity contribution in [3.8, 4) is 0 Å². The first-order valence-corrected chi connectivity index (χ1v) is 5.15. The van der Waals surface area contributed by atoms with Gasteiger partial charge in [-0.05, 0) is 6.54 Å². The number of rotatable bonds is 2. The Morgan fingerprint density at radius 2 is 2.38 bits per heavy atom. The second-order valence-corrected chi connectivity index (χ2v) is 4.01. The number of aromatic nitrogens is 4. The van der Waals surface area contributed by atoms with Crippen LogP contribution in [0.5, 0.6) is 0 Å². The first kappa shape index (κ1) is 9.34. The van der Waals surface area contributed by atoms with Gasteiger partial charge in [-0.1, -0.05) is 0 Å². The van der Waals surface area contributed by atoms with Crippen molar-refractivity contribution in [3.05, 3.63) is 22.9 Å². The standard InChI is InChI=1S/C9H12N6O/c10-2-6-3-14(4-6)7-1-8-12-13-9(16)15(8)5-11-7/h1,5-6H,2-4,10H2,(H,13,16). The van der Waals surface area contributed by atoms with Crippen LogP contribution in [0.3, 0.4) is 0 Å². The molecule has 0 spiro atoms. The molecule has 0 aromatic carbocycles. The highest BCUT2D eigenvalue weighted by Gasteiger charge is 2.26. The summed E-state index contributed by atoms with van der Waals surface area (Å²) in [4.78, 5) is 17.6. The Labute approximate surface area is 90.9 Å². The predicted octanol–water partition coefficient (Wildman–Crippen LogP) is -1.19. The van der Waals surface area contributed by atoms with E-state index in [2.05, 4.69) is 20.1 Å². The zero-order valence-corrected chi connectivity index (χ0v) is 8.63. The maximum atomic E-state index is 11.2. The van der Waals surface area contributed by atoms with Crippen molar-refractivity contribution in [1.29, 1.82) is 0 Å². The minimum absolute atomic E-state index is 0.266. The molecule has 0 bridgehead atoms. The van der Waals surface area contributed by atoms with Crippen LogP contribution >= 0.6 is 0 Å². The molecule has 0 aliphatic carbocycles. The Hall–Kier alpha value is -1.89. The molecule has 1 aliphatic rings. The number of hydrogen-bond donors (Lipinski definition) is 2. The molecule has 16 heavy (non-hydrogen) atoms. The summed E-state index contributed by atoms with van der Waals surface area (Å²) in [6.07, 6.45) is 1.49. The Kier molecular flexibility index (Phi) is 1.93. The third-order valence-electron chi connectivity index (χ3n) is 2.91. The molecule has 0 atom stereocenters. The highest BCUT2D eigenvalue weighted by molar-refractivity contribution is 5.51. The van der Waals surface area contributed by atoms with Gasteiger partial charge in [-0.3, -0.25) is 0 Å². The molecule has 3 N–H and O–H groups in total. The van der Waals surface area contributed by atoms with Crippen molar-refractivity contribution in [2.75, 3.05) is 24.5 Å². The average Bonchev–Trinajstić information content (AvgIpc) is 2.59. The van der Waals surface area contributed by atoms with Crippen LogP contribution < -0.4 is 16.3 Å². The van der Waals surface area contributed by atoms with Gasteiger partial charge in [0.15, 0.2) is 5.65 Å². The SMILES string of the molecule is NCC1CN(c2cc3n[nH]c(=O)n3cn2)C1. The summed E-state index contributed by atoms with van der Waals surface area (Å²) in [5.41, 5.74) is 5.88. The van der Waals surface area contributed by atoms with Crippen LogP contribution in [0.15, 0.2) is 17.2 Å². The maximum Gasteiger partial charge on any atom is 0.348 e. The molecule has 1 aliphatic heterocycles. The largest absolute Gasteiger partial charge is 0.356 e. The quantitative estimate of drug-likeness (QED) is 0.664. The number of nitrogens with one attached hydrogen (secondary N) is 1. The van der Waals surface area contributed by atoms with Gasteiger partial charge < -0.3 is 10.6 Å². The summed E-state index contributed by atoms with van der Waals surface area (Å²) in [6.45, 7) is 2.56. The van der Waals surface area contributed by atoms with E-state index >= 15 is 0 Å². The fraction of sp³-hybridized carbons (Fsp3) is 0.444. The summed E-state index contributed by atoms with van der Waals surface area (Å²) in [5, 5.41) is 6.27. The van der Waals surface area contributed by atoms with Gasteiger partial charge in [-0.25, -0.2) is 19.3 Å². The zero-order chi connectivity index (χ0) is 11.1. The molecule has 2 aromatic rings. The van der Waals surface area contributed by atoms with Gasteiger partial charge in [0.25, 0.3) is 0 Å². The summed E-state index contributed by atoms with van der Waals surface area (Å²) >= 11 is 0. The van der Waals surface area contributed by atoms with E-state index in [-0.39, 0.29) is 5.69 Å². The lowest BCUT2D eigenvalue weighted by atomic mass is 10.0. The number of hydrogen-bond acceptors (Lipinski definition) is 5. The number of anilines is 1. The Bertz CT molecular complexity index is 567. The summed E-state index contributed by atoms with van der Waals surface area (Å²) < 4.78 is 1.38. The Balaban J connectivity index is 1.92. The summed E-state index contributed by atoms with van der Waals surface area (Å²) in [7, 11) is 0. The zero-order valence-electron chi connectivity index (χ0n) is 8.63. The van der Waals surface area contributed by atoms with Crippen LogP contribution in [0.2, 0.25) is 0 Å². The number of H-pyrrole nitrogens is 1. The van der Waals surface area contributed by atoms with Crippen LogP contribution in [-0.4, -0.2) is 39.2 Å². The van der Waals surface area contributed by atoms with E-state index in [1.165, 1.54) is 10.7 Å². The van der Waals surface area contributed by atoms with E-state index in [9.17, 15) is 4.79 Å². The summed E-state index contributed by atoms with van der Waals surface area (Å²) in [5.74, 6) is 1.40. The van der Waals surface area contributed by atoms with Crippen molar-refractivity contribution >= 4 is 11.5 Å². The monoisotopic (exact) mass is 220 g/mol. The molecule has 1 saturated heterocycles. The predicted molar refractivity (Wildman–Crippen MR) is 58.4 cm³/mol. The van der Waals surface area contributed by atoms with Gasteiger partial charge in [0.2, 0.25) is 0 Å². The van der Waals surface area contributed by atoms with Crippen molar-refractivity contribution < 1.29 is 0 Å². The van der Waals surface area contributed by atoms with Crippen LogP contribution in [0.4, 0.5) is 5.82 Å². The molecule has 1 fully saturated rings. The van der Waals surface area contributed by atoms with Crippen molar-refractivity contribution in [1.82, 2.24) is 19.6 Å². The fourth-order valence-corrected chi connectivity index (χ4v) is 1.88. The molecule has 0 radical (unpaired) electrons. The van der Waals surface area contributed by atoms with E-state index in [4.69, 9.17) is 5.73 Å². The minimum Gasteiger partial charge on any atom is -0.356 e. The summed E-state index contributed by atoms with van der Waals surface area (Å²) in [6, 6.07) is 1.80. The third-order valence-corrected chi connectivity index (χ3v) is 2.91. The topological polar surface area (TPSA) is 92.3 Å². The fourth-order valence-electron chi connectivity index (χ4n) is 1.88. The van der Waals surface area contributed by atoms with Gasteiger partial charge in [0.1, 0.15) is 12.1 Å². The number of aromatic amines is 1. The first-order chi connectivity index (χ1) is 7.78. The molecule has 7 nitrogen and oxygen atoms in total. The first-order valence-electron chi connectivity index (χ1n) is 5.15. The van der Waals surface area contributed by atoms with E-state index in [0.717, 1.165) is 18.9 Å². The molecule has 3 heterocycles. The second-order valence-electron chi connectivity index (χ2n) is 4.01. The third kappa shape index (κ3) is 1.28. The van der Waals surface area contributed by atoms with Gasteiger partial charge in [0, 0.05) is 25.1 Å². The Morgan fingerprint density at radius 3 is 3.12 bits per heavy atom. The molecular weight excluding hydrogens is 208 g/mol. The van der Waals surface area contributed by atoms with E-state index in [1.54, 1.807) is 6.07 Å². The molecule has 3 rings (SSSR count). The van der Waals surface area contributed by atoms with Crippen LogP contribution in [0, 0.1) is 5.92 Å². The molecule has 2 aromatic heterocycles. The van der Waals surface area contributed by atoms with Crippen LogP contribution in [-0.2, 0) is 0 Å². The van der Waals surface area contributed by atoms with Gasteiger partial charge >= 0.3 is 5.69 Å². The van der Waals surface area contributed by atoms with Gasteiger partial charge in [-0.15, -0.1) is 0 Å². The van der Waals surface area contributed by atoms with Gasteiger partial charge in [0.05, 0.1) is 0 Å². The highest BCUT2D eigenvalue weighted by atomic mass is 16.1. The molecule has 84 valence electrons. The molecule has 0 amide bonds. The molecular formula is C9H12N6O. The van der Waals surface area contributed by atoms with E-state index in [0.29, 0.717) is 18.1 Å². The number of nitrogens with two attached hydrogens (primary N) is 1. The normalized spacial score (nSPS) is 16.7. The second kappa shape index (κ2) is 3.31. The van der Waals surface area contributed by atoms with Crippen molar-refractivity contribution in [2.24, 2.45) is 11.7 Å². The Morgan fingerprint density at radius 1 is 1.56 bits per heavy atom. The van der Waals surface area contributed by atoms with Gasteiger partial charge in [-0.2, -0.15) is 5.10 Å². The van der Waals surface area contributed by atoms with Crippen molar-refractivity contribution in [2.45, 2.75) is 0 Å². The van der Waals surface area contributed by atoms with E-state index in [1.807, 2.05) is 0 Å².